The first-order valence-electron chi connectivity index (χ1n) is 12.1. The third-order valence-corrected chi connectivity index (χ3v) is 7.07. The zero-order valence-corrected chi connectivity index (χ0v) is 20.8. The summed E-state index contributed by atoms with van der Waals surface area (Å²) in [6.45, 7) is 4.49. The Hall–Kier alpha value is -2.46. The van der Waals surface area contributed by atoms with Crippen molar-refractivity contribution in [2.75, 3.05) is 21.1 Å². The molecule has 0 spiro atoms. The molecular weight excluding hydrogens is 404 g/mol. The lowest BCUT2D eigenvalue weighted by molar-refractivity contribution is -0.0792. The number of rotatable bonds is 11. The van der Waals surface area contributed by atoms with Crippen molar-refractivity contribution in [3.63, 3.8) is 0 Å². The molecule has 0 aliphatic carbocycles. The summed E-state index contributed by atoms with van der Waals surface area (Å²) in [4.78, 5) is 4.47. The standard InChI is InChI=1S/C30H40N2O/c1-6-23(2)27(22-24-16-10-7-11-17-24)30(33)32(5)29(26-20-14-9-15-21-26)28(31(3)4)25-18-12-8-13-19-25/h7-21,23,27-30,33H,6,22H2,1-5H3/t23?,27?,28-,29-,30?/m1/s1. The Bertz CT molecular complexity index is 929. The third-order valence-electron chi connectivity index (χ3n) is 7.07. The summed E-state index contributed by atoms with van der Waals surface area (Å²) in [6, 6.07) is 31.9. The average Bonchev–Trinajstić information content (AvgIpc) is 2.86. The van der Waals surface area contributed by atoms with Gasteiger partial charge in [0.2, 0.25) is 0 Å². The lowest BCUT2D eigenvalue weighted by Gasteiger charge is -2.44. The Balaban J connectivity index is 2.01. The average molecular weight is 445 g/mol. The molecule has 3 aromatic carbocycles. The van der Waals surface area contributed by atoms with E-state index in [9.17, 15) is 5.11 Å². The second-order valence-electron chi connectivity index (χ2n) is 9.49. The molecule has 0 fully saturated rings. The first kappa shape index (κ1) is 25.2. The predicted octanol–water partition coefficient (Wildman–Crippen LogP) is 6.19. The maximum Gasteiger partial charge on any atom is 0.111 e. The van der Waals surface area contributed by atoms with Gasteiger partial charge in [-0.15, -0.1) is 0 Å². The monoisotopic (exact) mass is 444 g/mol. The molecule has 3 nitrogen and oxygen atoms in total. The van der Waals surface area contributed by atoms with Gasteiger partial charge >= 0.3 is 0 Å². The van der Waals surface area contributed by atoms with Crippen LogP contribution in [-0.4, -0.2) is 42.3 Å². The number of aliphatic hydroxyl groups is 1. The topological polar surface area (TPSA) is 26.7 Å². The van der Waals surface area contributed by atoms with E-state index in [-0.39, 0.29) is 18.0 Å². The van der Waals surface area contributed by atoms with Crippen molar-refractivity contribution in [3.05, 3.63) is 108 Å². The Kier molecular flexibility index (Phi) is 9.25. The fraction of sp³-hybridized carbons (Fsp3) is 0.400. The SMILES string of the molecule is CCC(C)C(Cc1ccccc1)C(O)N(C)[C@H](c1ccccc1)[C@@H](c1ccccc1)N(C)C. The minimum absolute atomic E-state index is 0.000861. The Labute approximate surface area is 200 Å². The molecule has 0 saturated carbocycles. The van der Waals surface area contributed by atoms with Gasteiger partial charge in [0.05, 0.1) is 12.1 Å². The van der Waals surface area contributed by atoms with Gasteiger partial charge in [0.15, 0.2) is 0 Å². The van der Waals surface area contributed by atoms with Crippen LogP contribution in [0.4, 0.5) is 0 Å². The zero-order valence-electron chi connectivity index (χ0n) is 20.8. The van der Waals surface area contributed by atoms with Crippen LogP contribution in [0.25, 0.3) is 0 Å². The zero-order chi connectivity index (χ0) is 23.8. The predicted molar refractivity (Wildman–Crippen MR) is 139 cm³/mol. The van der Waals surface area contributed by atoms with E-state index in [4.69, 9.17) is 0 Å². The fourth-order valence-electron chi connectivity index (χ4n) is 4.96. The van der Waals surface area contributed by atoms with Gasteiger partial charge in [-0.05, 0) is 50.2 Å². The van der Waals surface area contributed by atoms with Crippen LogP contribution in [0.1, 0.15) is 49.0 Å². The van der Waals surface area contributed by atoms with Crippen LogP contribution in [0.5, 0.6) is 0 Å². The van der Waals surface area contributed by atoms with E-state index >= 15 is 0 Å². The highest BCUT2D eigenvalue weighted by Crippen LogP contribution is 2.39. The minimum atomic E-state index is -0.573. The molecule has 3 aromatic rings. The molecule has 0 aliphatic heterocycles. The van der Waals surface area contributed by atoms with Gasteiger partial charge in [-0.3, -0.25) is 4.90 Å². The summed E-state index contributed by atoms with van der Waals surface area (Å²) in [5.74, 6) is 0.529. The summed E-state index contributed by atoms with van der Waals surface area (Å²) in [5.41, 5.74) is 3.74. The van der Waals surface area contributed by atoms with Crippen LogP contribution in [0.15, 0.2) is 91.0 Å². The molecule has 0 heterocycles. The van der Waals surface area contributed by atoms with Gasteiger partial charge < -0.3 is 10.0 Å². The molecule has 0 aliphatic rings. The summed E-state index contributed by atoms with van der Waals surface area (Å²) in [7, 11) is 6.34. The fourth-order valence-corrected chi connectivity index (χ4v) is 4.96. The normalized spacial score (nSPS) is 16.4. The summed E-state index contributed by atoms with van der Waals surface area (Å²) in [6.07, 6.45) is 1.33. The van der Waals surface area contributed by atoms with Crippen LogP contribution in [0, 0.1) is 11.8 Å². The van der Waals surface area contributed by atoms with Crippen molar-refractivity contribution in [1.82, 2.24) is 9.80 Å². The highest BCUT2D eigenvalue weighted by atomic mass is 16.3. The Morgan fingerprint density at radius 2 is 1.15 bits per heavy atom. The lowest BCUT2D eigenvalue weighted by atomic mass is 9.83. The summed E-state index contributed by atoms with van der Waals surface area (Å²) >= 11 is 0. The molecule has 3 rings (SSSR count). The molecule has 1 N–H and O–H groups in total. The molecule has 0 saturated heterocycles. The van der Waals surface area contributed by atoms with Crippen LogP contribution in [-0.2, 0) is 6.42 Å². The van der Waals surface area contributed by atoms with Gasteiger partial charge in [0.25, 0.3) is 0 Å². The number of aliphatic hydroxyl groups excluding tert-OH is 1. The highest BCUT2D eigenvalue weighted by molar-refractivity contribution is 5.28. The van der Waals surface area contributed by atoms with Crippen LogP contribution in [0.3, 0.4) is 0 Å². The number of benzene rings is 3. The molecule has 5 atom stereocenters. The highest BCUT2D eigenvalue weighted by Gasteiger charge is 2.37. The number of hydrogen-bond acceptors (Lipinski definition) is 3. The van der Waals surface area contributed by atoms with Gasteiger partial charge in [0.1, 0.15) is 6.23 Å². The van der Waals surface area contributed by atoms with Gasteiger partial charge in [-0.25, -0.2) is 0 Å². The van der Waals surface area contributed by atoms with Crippen LogP contribution < -0.4 is 0 Å². The molecule has 0 radical (unpaired) electrons. The first-order chi connectivity index (χ1) is 15.9. The number of nitrogens with zero attached hydrogens (tertiary/aromatic N) is 2. The second-order valence-corrected chi connectivity index (χ2v) is 9.49. The third kappa shape index (κ3) is 6.32. The van der Waals surface area contributed by atoms with Gasteiger partial charge in [-0.2, -0.15) is 0 Å². The Morgan fingerprint density at radius 1 is 0.697 bits per heavy atom. The second kappa shape index (κ2) is 12.1. The maximum absolute atomic E-state index is 11.9. The maximum atomic E-state index is 11.9. The Morgan fingerprint density at radius 3 is 1.61 bits per heavy atom. The van der Waals surface area contributed by atoms with Crippen molar-refractivity contribution < 1.29 is 5.11 Å². The molecule has 3 heteroatoms. The van der Waals surface area contributed by atoms with E-state index in [1.54, 1.807) is 0 Å². The van der Waals surface area contributed by atoms with Crippen LogP contribution >= 0.6 is 0 Å². The van der Waals surface area contributed by atoms with E-state index in [2.05, 4.69) is 136 Å². The van der Waals surface area contributed by atoms with Crippen molar-refractivity contribution in [2.24, 2.45) is 11.8 Å². The molecule has 0 amide bonds. The summed E-state index contributed by atoms with van der Waals surface area (Å²) in [5, 5.41) is 11.9. The van der Waals surface area contributed by atoms with Crippen LogP contribution in [0.2, 0.25) is 0 Å². The lowest BCUT2D eigenvalue weighted by Crippen LogP contribution is -2.47. The molecule has 176 valence electrons. The molecule has 33 heavy (non-hydrogen) atoms. The number of hydrogen-bond donors (Lipinski definition) is 1. The largest absolute Gasteiger partial charge is 0.378 e. The first-order valence-corrected chi connectivity index (χ1v) is 12.1. The minimum Gasteiger partial charge on any atom is -0.378 e. The van der Waals surface area contributed by atoms with E-state index < -0.39 is 6.23 Å². The van der Waals surface area contributed by atoms with E-state index in [0.29, 0.717) is 5.92 Å². The molecule has 3 unspecified atom stereocenters. The quantitative estimate of drug-likeness (QED) is 0.357. The molecular formula is C30H40N2O. The van der Waals surface area contributed by atoms with Gasteiger partial charge in [-0.1, -0.05) is 111 Å². The van der Waals surface area contributed by atoms with Crippen molar-refractivity contribution >= 4 is 0 Å². The van der Waals surface area contributed by atoms with E-state index in [1.165, 1.54) is 16.7 Å². The van der Waals surface area contributed by atoms with E-state index in [0.717, 1.165) is 12.8 Å². The smallest absolute Gasteiger partial charge is 0.111 e. The van der Waals surface area contributed by atoms with Crippen molar-refractivity contribution in [2.45, 2.75) is 45.0 Å². The molecule has 0 bridgehead atoms. The number of likely N-dealkylation sites (N-methyl/N-ethyl adjacent to an activating group) is 2. The van der Waals surface area contributed by atoms with Crippen molar-refractivity contribution in [3.8, 4) is 0 Å². The summed E-state index contributed by atoms with van der Waals surface area (Å²) < 4.78 is 0. The van der Waals surface area contributed by atoms with Gasteiger partial charge in [0, 0.05) is 5.92 Å². The van der Waals surface area contributed by atoms with Crippen molar-refractivity contribution in [1.29, 1.82) is 0 Å². The molecule has 0 aromatic heterocycles. The van der Waals surface area contributed by atoms with E-state index in [1.807, 2.05) is 0 Å².